The number of aromatic nitrogens is 3. The molecule has 0 aliphatic heterocycles. The molecule has 1 saturated carbocycles. The largest absolute Gasteiger partial charge is 0.436 e. The average Bonchev–Trinajstić information content (AvgIpc) is 3.36. The summed E-state index contributed by atoms with van der Waals surface area (Å²) in [5, 5.41) is 8.30. The fraction of sp³-hybridized carbons (Fsp3) is 0.350. The Morgan fingerprint density at radius 2 is 1.97 bits per heavy atom. The highest BCUT2D eigenvalue weighted by Crippen LogP contribution is 2.47. The van der Waals surface area contributed by atoms with Crippen molar-refractivity contribution in [1.29, 1.82) is 0 Å². The molecule has 13 heteroatoms. The molecule has 0 atom stereocenters. The summed E-state index contributed by atoms with van der Waals surface area (Å²) in [5.74, 6) is -0.398. The zero-order valence-electron chi connectivity index (χ0n) is 16.7. The summed E-state index contributed by atoms with van der Waals surface area (Å²) in [7, 11) is 0. The molecule has 0 spiro atoms. The summed E-state index contributed by atoms with van der Waals surface area (Å²) < 4.78 is 69.6. The Morgan fingerprint density at radius 3 is 2.58 bits per heavy atom. The molecule has 0 unspecified atom stereocenters. The van der Waals surface area contributed by atoms with Crippen LogP contribution < -0.4 is 10.1 Å². The number of carbonyl (C=O) groups is 1. The van der Waals surface area contributed by atoms with Crippen LogP contribution in [0.25, 0.3) is 11.3 Å². The second-order valence-electron chi connectivity index (χ2n) is 7.28. The second-order valence-corrected chi connectivity index (χ2v) is 8.93. The van der Waals surface area contributed by atoms with Gasteiger partial charge in [-0.05, 0) is 53.0 Å². The summed E-state index contributed by atoms with van der Waals surface area (Å²) in [6.45, 7) is -2.92. The van der Waals surface area contributed by atoms with Gasteiger partial charge in [0.1, 0.15) is 5.75 Å². The Hall–Kier alpha value is -2.54. The van der Waals surface area contributed by atoms with Crippen molar-refractivity contribution in [2.24, 2.45) is 0 Å². The van der Waals surface area contributed by atoms with Gasteiger partial charge in [-0.25, -0.2) is 4.98 Å². The first-order chi connectivity index (χ1) is 15.6. The van der Waals surface area contributed by atoms with Gasteiger partial charge in [0.2, 0.25) is 5.91 Å². The number of nitrogens with zero attached hydrogens (tertiary/aromatic N) is 3. The fourth-order valence-corrected chi connectivity index (χ4v) is 4.78. The van der Waals surface area contributed by atoms with E-state index in [9.17, 15) is 26.7 Å². The van der Waals surface area contributed by atoms with Gasteiger partial charge in [0.05, 0.1) is 22.4 Å². The van der Waals surface area contributed by atoms with E-state index in [0.717, 1.165) is 24.2 Å². The first-order valence-corrected chi connectivity index (χ1v) is 11.4. The van der Waals surface area contributed by atoms with Gasteiger partial charge in [0, 0.05) is 23.3 Å². The molecule has 1 aliphatic carbocycles. The van der Waals surface area contributed by atoms with E-state index in [4.69, 9.17) is 0 Å². The number of anilines is 1. The maximum atomic E-state index is 13.2. The number of hydrogen-bond donors (Lipinski definition) is 1. The number of hydrogen-bond acceptors (Lipinski definition) is 5. The number of thiazole rings is 1. The van der Waals surface area contributed by atoms with Crippen molar-refractivity contribution in [3.05, 3.63) is 45.5 Å². The number of alkyl halides is 5. The van der Waals surface area contributed by atoms with Crippen LogP contribution in [0.5, 0.6) is 5.75 Å². The lowest BCUT2D eigenvalue weighted by atomic mass is 10.2. The molecule has 3 aromatic rings. The Morgan fingerprint density at radius 1 is 1.27 bits per heavy atom. The Bertz CT molecular complexity index is 1140. The van der Waals surface area contributed by atoms with Crippen molar-refractivity contribution in [2.45, 2.75) is 44.5 Å². The number of carbonyl (C=O) groups excluding carboxylic acids is 1. The van der Waals surface area contributed by atoms with Crippen molar-refractivity contribution in [2.75, 3.05) is 5.32 Å². The van der Waals surface area contributed by atoms with E-state index in [-0.39, 0.29) is 29.1 Å². The third kappa shape index (κ3) is 5.69. The highest BCUT2D eigenvalue weighted by Gasteiger charge is 2.41. The van der Waals surface area contributed by atoms with Crippen LogP contribution in [0, 0.1) is 0 Å². The van der Waals surface area contributed by atoms with Crippen LogP contribution in [0.15, 0.2) is 34.1 Å². The number of aryl methyl sites for hydroxylation is 1. The minimum atomic E-state index is -4.59. The smallest absolute Gasteiger partial charge is 0.435 e. The predicted molar refractivity (Wildman–Crippen MR) is 114 cm³/mol. The molecule has 1 fully saturated rings. The lowest BCUT2D eigenvalue weighted by molar-refractivity contribution is -0.142. The second kappa shape index (κ2) is 9.37. The maximum absolute atomic E-state index is 13.2. The van der Waals surface area contributed by atoms with E-state index >= 15 is 0 Å². The van der Waals surface area contributed by atoms with E-state index in [0.29, 0.717) is 22.1 Å². The molecule has 6 nitrogen and oxygen atoms in total. The Balaban J connectivity index is 1.38. The first kappa shape index (κ1) is 23.6. The average molecular weight is 551 g/mol. The highest BCUT2D eigenvalue weighted by atomic mass is 79.9. The van der Waals surface area contributed by atoms with Crippen molar-refractivity contribution >= 4 is 38.3 Å². The van der Waals surface area contributed by atoms with E-state index in [1.807, 2.05) is 0 Å². The topological polar surface area (TPSA) is 69.0 Å². The summed E-state index contributed by atoms with van der Waals surface area (Å²) in [5.41, 5.74) is 0.648. The number of benzene rings is 1. The number of rotatable bonds is 8. The normalized spacial score (nSPS) is 14.0. The third-order valence-electron chi connectivity index (χ3n) is 4.84. The van der Waals surface area contributed by atoms with E-state index in [1.165, 1.54) is 16.8 Å². The van der Waals surface area contributed by atoms with E-state index in [2.05, 4.69) is 36.1 Å². The van der Waals surface area contributed by atoms with Crippen molar-refractivity contribution in [3.8, 4) is 17.0 Å². The lowest BCUT2D eigenvalue weighted by Crippen LogP contribution is -2.16. The van der Waals surface area contributed by atoms with Gasteiger partial charge in [0.25, 0.3) is 0 Å². The quantitative estimate of drug-likeness (QED) is 0.334. The Kier molecular flexibility index (Phi) is 6.71. The van der Waals surface area contributed by atoms with Crippen LogP contribution >= 0.6 is 27.3 Å². The SMILES string of the molecule is O=C(CCn1nc(C(F)(F)F)c(Br)c1C1CC1)Nc1nc(-c2ccc(OC(F)F)cc2)cs1. The molecule has 176 valence electrons. The highest BCUT2D eigenvalue weighted by molar-refractivity contribution is 9.10. The van der Waals surface area contributed by atoms with Crippen LogP contribution in [0.3, 0.4) is 0 Å². The van der Waals surface area contributed by atoms with E-state index < -0.39 is 24.4 Å². The van der Waals surface area contributed by atoms with Crippen molar-refractivity contribution in [1.82, 2.24) is 14.8 Å². The molecule has 33 heavy (non-hydrogen) atoms. The van der Waals surface area contributed by atoms with Crippen molar-refractivity contribution < 1.29 is 31.5 Å². The summed E-state index contributed by atoms with van der Waals surface area (Å²) in [6, 6.07) is 5.89. The molecule has 1 aromatic carbocycles. The number of ether oxygens (including phenoxy) is 1. The Labute approximate surface area is 196 Å². The first-order valence-electron chi connectivity index (χ1n) is 9.76. The van der Waals surface area contributed by atoms with Gasteiger partial charge in [-0.3, -0.25) is 9.48 Å². The zero-order valence-corrected chi connectivity index (χ0v) is 19.1. The van der Waals surface area contributed by atoms with Crippen molar-refractivity contribution in [3.63, 3.8) is 0 Å². The summed E-state index contributed by atoms with van der Waals surface area (Å²) in [6.07, 6.45) is -3.10. The van der Waals surface area contributed by atoms with Gasteiger partial charge in [-0.2, -0.15) is 27.1 Å². The molecule has 0 radical (unpaired) electrons. The molecule has 4 rings (SSSR count). The molecule has 2 heterocycles. The molecule has 0 bridgehead atoms. The van der Waals surface area contributed by atoms with Gasteiger partial charge < -0.3 is 10.1 Å². The minimum absolute atomic E-state index is 0.00379. The number of amides is 1. The molecule has 0 saturated heterocycles. The van der Waals surface area contributed by atoms with E-state index in [1.54, 1.807) is 17.5 Å². The molecule has 1 amide bonds. The number of nitrogens with one attached hydrogen (secondary N) is 1. The van der Waals surface area contributed by atoms with Crippen LogP contribution in [0.4, 0.5) is 27.1 Å². The lowest BCUT2D eigenvalue weighted by Gasteiger charge is -2.07. The van der Waals surface area contributed by atoms with Gasteiger partial charge in [-0.15, -0.1) is 11.3 Å². The predicted octanol–water partition coefficient (Wildman–Crippen LogP) is 6.30. The molecule has 1 N–H and O–H groups in total. The van der Waals surface area contributed by atoms with Gasteiger partial charge in [-0.1, -0.05) is 0 Å². The summed E-state index contributed by atoms with van der Waals surface area (Å²) in [4.78, 5) is 16.6. The minimum Gasteiger partial charge on any atom is -0.435 e. The maximum Gasteiger partial charge on any atom is 0.436 e. The van der Waals surface area contributed by atoms with Crippen LogP contribution in [-0.4, -0.2) is 27.3 Å². The standard InChI is InChI=1S/C20H16BrF5N4O2S/c21-15-16(11-1-2-11)30(29-17(15)20(24,25)26)8-7-14(31)28-19-27-13(9-33-19)10-3-5-12(6-4-10)32-18(22)23/h3-6,9,11,18H,1-2,7-8H2,(H,27,28,31). The molecular weight excluding hydrogens is 535 g/mol. The van der Waals surface area contributed by atoms with Crippen LogP contribution in [0.1, 0.15) is 36.6 Å². The van der Waals surface area contributed by atoms with Crippen LogP contribution in [0.2, 0.25) is 0 Å². The van der Waals surface area contributed by atoms with Crippen LogP contribution in [-0.2, 0) is 17.5 Å². The zero-order chi connectivity index (χ0) is 23.8. The monoisotopic (exact) mass is 550 g/mol. The fourth-order valence-electron chi connectivity index (χ4n) is 3.21. The summed E-state index contributed by atoms with van der Waals surface area (Å²) >= 11 is 4.19. The van der Waals surface area contributed by atoms with Gasteiger partial charge >= 0.3 is 12.8 Å². The molecule has 2 aromatic heterocycles. The third-order valence-corrected chi connectivity index (χ3v) is 6.38. The molecule has 1 aliphatic rings. The number of halogens is 6. The molecular formula is C20H16BrF5N4O2S. The van der Waals surface area contributed by atoms with Gasteiger partial charge in [0.15, 0.2) is 10.8 Å².